The van der Waals surface area contributed by atoms with E-state index in [9.17, 15) is 4.79 Å². The Kier molecular flexibility index (Phi) is 3.48. The summed E-state index contributed by atoms with van der Waals surface area (Å²) in [5.41, 5.74) is 1.82. The van der Waals surface area contributed by atoms with E-state index >= 15 is 0 Å². The van der Waals surface area contributed by atoms with Crippen LogP contribution in [0.3, 0.4) is 0 Å². The molecule has 0 radical (unpaired) electrons. The van der Waals surface area contributed by atoms with Gasteiger partial charge in [-0.25, -0.2) is 0 Å². The lowest BCUT2D eigenvalue weighted by Crippen LogP contribution is -2.16. The summed E-state index contributed by atoms with van der Waals surface area (Å²) in [6.45, 7) is 1.81. The van der Waals surface area contributed by atoms with Crippen molar-refractivity contribution in [2.45, 2.75) is 6.92 Å². The number of pyridine rings is 1. The molecule has 90 valence electrons. The molecule has 2 aromatic rings. The maximum Gasteiger partial charge on any atom is 0.215 e. The molecule has 0 unspecified atom stereocenters. The zero-order valence-electron chi connectivity index (χ0n) is 9.87. The quantitative estimate of drug-likeness (QED) is 0.388. The highest BCUT2D eigenvalue weighted by Gasteiger charge is 2.16. The Bertz CT molecular complexity index is 592. The molecular weight excluding hydrogens is 228 g/mol. The van der Waals surface area contributed by atoms with Crippen LogP contribution in [-0.4, -0.2) is 21.7 Å². The largest absolute Gasteiger partial charge is 0.410 e. The smallest absolute Gasteiger partial charge is 0.215 e. The number of aryl methyl sites for hydroxylation is 1. The lowest BCUT2D eigenvalue weighted by Gasteiger charge is -2.04. The van der Waals surface area contributed by atoms with E-state index < -0.39 is 0 Å². The van der Waals surface area contributed by atoms with Crippen LogP contribution in [-0.2, 0) is 0 Å². The molecule has 1 heterocycles. The molecule has 1 N–H and O–H groups in total. The average molecular weight is 240 g/mol. The van der Waals surface area contributed by atoms with Crippen molar-refractivity contribution in [3.63, 3.8) is 0 Å². The van der Waals surface area contributed by atoms with E-state index in [4.69, 9.17) is 5.21 Å². The van der Waals surface area contributed by atoms with Crippen molar-refractivity contribution in [3.8, 4) is 0 Å². The molecule has 1 aromatic carbocycles. The van der Waals surface area contributed by atoms with Crippen molar-refractivity contribution in [1.82, 2.24) is 4.98 Å². The number of benzene rings is 1. The average Bonchev–Trinajstić information content (AvgIpc) is 2.40. The minimum absolute atomic E-state index is 0.0201. The predicted molar refractivity (Wildman–Crippen MR) is 68.1 cm³/mol. The first kappa shape index (κ1) is 12.0. The van der Waals surface area contributed by atoms with Crippen molar-refractivity contribution in [2.24, 2.45) is 5.16 Å². The molecular formula is C14H12N2O2. The van der Waals surface area contributed by atoms with Crippen LogP contribution in [0, 0.1) is 6.92 Å². The molecule has 0 saturated carbocycles. The van der Waals surface area contributed by atoms with Gasteiger partial charge in [0, 0.05) is 23.0 Å². The minimum Gasteiger partial charge on any atom is -0.410 e. The molecule has 4 heteroatoms. The summed E-state index contributed by atoms with van der Waals surface area (Å²) in [5.74, 6) is -0.316. The standard InChI is InChI=1S/C14H12N2O2/c1-10-9-12(7-8-15-10)13(16-18)14(17)11-5-3-2-4-6-11/h2-9,18H,1H3/b16-13+. The molecule has 0 fully saturated rings. The Balaban J connectivity index is 2.39. The van der Waals surface area contributed by atoms with Gasteiger partial charge >= 0.3 is 0 Å². The molecule has 1 aromatic heterocycles. The summed E-state index contributed by atoms with van der Waals surface area (Å²) >= 11 is 0. The Hall–Kier alpha value is -2.49. The Morgan fingerprint density at radius 1 is 1.17 bits per heavy atom. The van der Waals surface area contributed by atoms with E-state index in [1.807, 2.05) is 13.0 Å². The SMILES string of the molecule is Cc1cc(/C(=N\O)C(=O)c2ccccc2)ccn1. The van der Waals surface area contributed by atoms with Gasteiger partial charge in [0.1, 0.15) is 0 Å². The number of aromatic nitrogens is 1. The summed E-state index contributed by atoms with van der Waals surface area (Å²) in [6.07, 6.45) is 1.58. The first-order chi connectivity index (χ1) is 8.72. The molecule has 2 rings (SSSR count). The van der Waals surface area contributed by atoms with E-state index in [0.29, 0.717) is 11.1 Å². The number of ketones is 1. The fraction of sp³-hybridized carbons (Fsp3) is 0.0714. The first-order valence-electron chi connectivity index (χ1n) is 5.47. The zero-order valence-corrected chi connectivity index (χ0v) is 9.87. The van der Waals surface area contributed by atoms with Crippen molar-refractivity contribution in [1.29, 1.82) is 0 Å². The molecule has 0 spiro atoms. The van der Waals surface area contributed by atoms with E-state index in [1.165, 1.54) is 0 Å². The van der Waals surface area contributed by atoms with Crippen LogP contribution in [0.25, 0.3) is 0 Å². The highest BCUT2D eigenvalue weighted by Crippen LogP contribution is 2.09. The maximum atomic E-state index is 12.2. The van der Waals surface area contributed by atoms with Crippen molar-refractivity contribution in [3.05, 3.63) is 65.5 Å². The van der Waals surface area contributed by atoms with Crippen LogP contribution in [0.1, 0.15) is 21.6 Å². The summed E-state index contributed by atoms with van der Waals surface area (Å²) in [6, 6.07) is 12.1. The minimum atomic E-state index is -0.316. The molecule has 0 aliphatic heterocycles. The number of Topliss-reactive ketones (excluding diaryl/α,β-unsaturated/α-hetero) is 1. The fourth-order valence-electron chi connectivity index (χ4n) is 1.65. The number of carbonyl (C=O) groups excluding carboxylic acids is 1. The first-order valence-corrected chi connectivity index (χ1v) is 5.47. The van der Waals surface area contributed by atoms with Gasteiger partial charge < -0.3 is 5.21 Å². The van der Waals surface area contributed by atoms with Crippen LogP contribution >= 0.6 is 0 Å². The number of carbonyl (C=O) groups is 1. The third-order valence-electron chi connectivity index (χ3n) is 2.52. The van der Waals surface area contributed by atoms with Gasteiger partial charge in [-0.1, -0.05) is 35.5 Å². The van der Waals surface area contributed by atoms with Gasteiger partial charge in [0.15, 0.2) is 5.71 Å². The van der Waals surface area contributed by atoms with Crippen LogP contribution in [0.15, 0.2) is 53.8 Å². The van der Waals surface area contributed by atoms with Crippen LogP contribution in [0.4, 0.5) is 0 Å². The van der Waals surface area contributed by atoms with Gasteiger partial charge in [-0.2, -0.15) is 0 Å². The maximum absolute atomic E-state index is 12.2. The van der Waals surface area contributed by atoms with Gasteiger partial charge in [0.05, 0.1) is 0 Å². The second kappa shape index (κ2) is 5.23. The number of nitrogens with zero attached hydrogens (tertiary/aromatic N) is 2. The Morgan fingerprint density at radius 2 is 1.89 bits per heavy atom. The Morgan fingerprint density at radius 3 is 2.50 bits per heavy atom. The molecule has 0 saturated heterocycles. The lowest BCUT2D eigenvalue weighted by atomic mass is 10.0. The van der Waals surface area contributed by atoms with Crippen LogP contribution in [0.2, 0.25) is 0 Å². The third-order valence-corrected chi connectivity index (χ3v) is 2.52. The molecule has 0 bridgehead atoms. The summed E-state index contributed by atoms with van der Waals surface area (Å²) in [5, 5.41) is 12.2. The topological polar surface area (TPSA) is 62.6 Å². The van der Waals surface area contributed by atoms with Gasteiger partial charge in [-0.15, -0.1) is 0 Å². The van der Waals surface area contributed by atoms with E-state index in [0.717, 1.165) is 5.69 Å². The highest BCUT2D eigenvalue weighted by atomic mass is 16.4. The van der Waals surface area contributed by atoms with Crippen molar-refractivity contribution in [2.75, 3.05) is 0 Å². The van der Waals surface area contributed by atoms with E-state index in [2.05, 4.69) is 10.1 Å². The van der Waals surface area contributed by atoms with E-state index in [1.54, 1.807) is 42.6 Å². The number of oxime groups is 1. The second-order valence-corrected chi connectivity index (χ2v) is 3.83. The molecule has 0 aliphatic rings. The molecule has 0 atom stereocenters. The number of rotatable bonds is 3. The molecule has 4 nitrogen and oxygen atoms in total. The van der Waals surface area contributed by atoms with Gasteiger partial charge in [-0.3, -0.25) is 9.78 Å². The van der Waals surface area contributed by atoms with Crippen LogP contribution < -0.4 is 0 Å². The van der Waals surface area contributed by atoms with Crippen LogP contribution in [0.5, 0.6) is 0 Å². The monoisotopic (exact) mass is 240 g/mol. The van der Waals surface area contributed by atoms with Gasteiger partial charge in [0.25, 0.3) is 0 Å². The third kappa shape index (κ3) is 2.43. The Labute approximate surface area is 105 Å². The normalized spacial score (nSPS) is 11.3. The van der Waals surface area contributed by atoms with Gasteiger partial charge in [-0.05, 0) is 19.1 Å². The number of hydrogen-bond donors (Lipinski definition) is 1. The second-order valence-electron chi connectivity index (χ2n) is 3.83. The lowest BCUT2D eigenvalue weighted by molar-refractivity contribution is 0.106. The molecule has 0 aliphatic carbocycles. The van der Waals surface area contributed by atoms with Crippen molar-refractivity contribution < 1.29 is 10.0 Å². The van der Waals surface area contributed by atoms with E-state index in [-0.39, 0.29) is 11.5 Å². The summed E-state index contributed by atoms with van der Waals surface area (Å²) < 4.78 is 0. The predicted octanol–water partition coefficient (Wildman–Crippen LogP) is 2.45. The fourth-order valence-corrected chi connectivity index (χ4v) is 1.65. The van der Waals surface area contributed by atoms with Gasteiger partial charge in [0.2, 0.25) is 5.78 Å². The molecule has 18 heavy (non-hydrogen) atoms. The van der Waals surface area contributed by atoms with Crippen molar-refractivity contribution >= 4 is 11.5 Å². The zero-order chi connectivity index (χ0) is 13.0. The highest BCUT2D eigenvalue weighted by molar-refractivity contribution is 6.51. The number of hydrogen-bond acceptors (Lipinski definition) is 4. The summed E-state index contributed by atoms with van der Waals surface area (Å²) in [4.78, 5) is 16.2. The molecule has 0 amide bonds. The summed E-state index contributed by atoms with van der Waals surface area (Å²) in [7, 11) is 0.